The van der Waals surface area contributed by atoms with Gasteiger partial charge in [-0.15, -0.1) is 0 Å². The Bertz CT molecular complexity index is 406. The molecule has 0 saturated carbocycles. The summed E-state index contributed by atoms with van der Waals surface area (Å²) >= 11 is 3.04. The first-order valence-electron chi connectivity index (χ1n) is 4.13. The molecule has 7 heteroatoms. The molecule has 1 aromatic carbocycles. The molecule has 0 atom stereocenters. The molecule has 0 spiro atoms. The van der Waals surface area contributed by atoms with E-state index in [0.717, 1.165) is 0 Å². The topological polar surface area (TPSA) is 59.1 Å². The number of rotatable bonds is 3. The van der Waals surface area contributed by atoms with Crippen molar-refractivity contribution in [2.24, 2.45) is 5.73 Å². The van der Waals surface area contributed by atoms with Gasteiger partial charge in [0.05, 0.1) is 4.47 Å². The maximum absolute atomic E-state index is 11.9. The normalized spacial score (nSPS) is 11.2. The van der Waals surface area contributed by atoms with Crippen molar-refractivity contribution in [1.82, 2.24) is 0 Å². The van der Waals surface area contributed by atoms with Crippen molar-refractivity contribution in [3.63, 3.8) is 0 Å². The van der Waals surface area contributed by atoms with E-state index in [9.17, 15) is 13.2 Å². The van der Waals surface area contributed by atoms with Crippen LogP contribution in [0.15, 0.2) is 22.7 Å². The van der Waals surface area contributed by atoms with Crippen LogP contribution in [0.1, 0.15) is 5.56 Å². The van der Waals surface area contributed by atoms with Crippen molar-refractivity contribution in [1.29, 1.82) is 5.41 Å². The van der Waals surface area contributed by atoms with Gasteiger partial charge in [0.15, 0.2) is 6.61 Å². The first-order chi connectivity index (χ1) is 7.29. The highest BCUT2D eigenvalue weighted by atomic mass is 79.9. The van der Waals surface area contributed by atoms with Crippen molar-refractivity contribution in [2.45, 2.75) is 6.18 Å². The Labute approximate surface area is 98.0 Å². The van der Waals surface area contributed by atoms with E-state index in [4.69, 9.17) is 11.1 Å². The standard InChI is InChI=1S/C9H8BrF3N2O/c10-6-3-5(8(14)15)1-2-7(6)16-4-9(11,12)13/h1-3H,4H2,(H3,14,15). The summed E-state index contributed by atoms with van der Waals surface area (Å²) in [6.07, 6.45) is -4.38. The van der Waals surface area contributed by atoms with Crippen LogP contribution in [0.3, 0.4) is 0 Å². The zero-order valence-electron chi connectivity index (χ0n) is 7.94. The van der Waals surface area contributed by atoms with Gasteiger partial charge in [0, 0.05) is 5.56 Å². The molecule has 0 amide bonds. The summed E-state index contributed by atoms with van der Waals surface area (Å²) in [5.74, 6) is -0.106. The van der Waals surface area contributed by atoms with Gasteiger partial charge in [0.2, 0.25) is 0 Å². The van der Waals surface area contributed by atoms with Crippen molar-refractivity contribution in [3.8, 4) is 5.75 Å². The van der Waals surface area contributed by atoms with Crippen molar-refractivity contribution in [3.05, 3.63) is 28.2 Å². The summed E-state index contributed by atoms with van der Waals surface area (Å²) in [7, 11) is 0. The molecule has 1 rings (SSSR count). The monoisotopic (exact) mass is 296 g/mol. The molecule has 3 nitrogen and oxygen atoms in total. The predicted molar refractivity (Wildman–Crippen MR) is 56.7 cm³/mol. The maximum Gasteiger partial charge on any atom is 0.422 e. The van der Waals surface area contributed by atoms with Crippen LogP contribution < -0.4 is 10.5 Å². The van der Waals surface area contributed by atoms with Gasteiger partial charge in [-0.3, -0.25) is 5.41 Å². The fraction of sp³-hybridized carbons (Fsp3) is 0.222. The summed E-state index contributed by atoms with van der Waals surface area (Å²) in [5, 5.41) is 7.14. The second-order valence-corrected chi connectivity index (χ2v) is 3.82. The van der Waals surface area contributed by atoms with E-state index in [1.54, 1.807) is 0 Å². The van der Waals surface area contributed by atoms with E-state index in [2.05, 4.69) is 20.7 Å². The number of ether oxygens (including phenoxy) is 1. The second kappa shape index (κ2) is 4.73. The third kappa shape index (κ3) is 3.73. The zero-order chi connectivity index (χ0) is 12.3. The SMILES string of the molecule is N=C(N)c1ccc(OCC(F)(F)F)c(Br)c1. The van der Waals surface area contributed by atoms with Crippen molar-refractivity contribution < 1.29 is 17.9 Å². The number of benzene rings is 1. The summed E-state index contributed by atoms with van der Waals surface area (Å²) in [4.78, 5) is 0. The number of nitrogens with two attached hydrogens (primary N) is 1. The molecule has 1 aromatic rings. The molecule has 0 aliphatic rings. The van der Waals surface area contributed by atoms with Gasteiger partial charge < -0.3 is 10.5 Å². The number of nitrogens with one attached hydrogen (secondary N) is 1. The molecular formula is C9H8BrF3N2O. The van der Waals surface area contributed by atoms with Crippen LogP contribution in [-0.4, -0.2) is 18.6 Å². The number of nitrogen functional groups attached to an aromatic ring is 1. The lowest BCUT2D eigenvalue weighted by Crippen LogP contribution is -2.19. The smallest absolute Gasteiger partial charge is 0.422 e. The van der Waals surface area contributed by atoms with E-state index in [1.807, 2.05) is 0 Å². The predicted octanol–water partition coefficient (Wildman–Crippen LogP) is 2.67. The summed E-state index contributed by atoms with van der Waals surface area (Å²) in [6.45, 7) is -1.36. The quantitative estimate of drug-likeness (QED) is 0.665. The minimum Gasteiger partial charge on any atom is -0.483 e. The first kappa shape index (κ1) is 12.8. The highest BCUT2D eigenvalue weighted by Crippen LogP contribution is 2.27. The van der Waals surface area contributed by atoms with Crippen LogP contribution in [0.25, 0.3) is 0 Å². The Morgan fingerprint density at radius 3 is 2.50 bits per heavy atom. The fourth-order valence-corrected chi connectivity index (χ4v) is 1.44. The number of hydrogen-bond acceptors (Lipinski definition) is 2. The van der Waals surface area contributed by atoms with Gasteiger partial charge in [-0.1, -0.05) is 0 Å². The number of halogens is 4. The molecular weight excluding hydrogens is 289 g/mol. The van der Waals surface area contributed by atoms with E-state index in [-0.39, 0.29) is 11.6 Å². The van der Waals surface area contributed by atoms with Gasteiger partial charge in [-0.25, -0.2) is 0 Å². The number of hydrogen-bond donors (Lipinski definition) is 2. The largest absolute Gasteiger partial charge is 0.483 e. The lowest BCUT2D eigenvalue weighted by molar-refractivity contribution is -0.153. The summed E-state index contributed by atoms with van der Waals surface area (Å²) in [5.41, 5.74) is 5.63. The average molecular weight is 297 g/mol. The Morgan fingerprint density at radius 1 is 1.44 bits per heavy atom. The van der Waals surface area contributed by atoms with Crippen LogP contribution >= 0.6 is 15.9 Å². The van der Waals surface area contributed by atoms with Gasteiger partial charge in [-0.05, 0) is 34.1 Å². The molecule has 0 radical (unpaired) electrons. The zero-order valence-corrected chi connectivity index (χ0v) is 9.52. The average Bonchev–Trinajstić information content (AvgIpc) is 2.14. The van der Waals surface area contributed by atoms with Gasteiger partial charge in [0.25, 0.3) is 0 Å². The molecule has 3 N–H and O–H groups in total. The molecule has 88 valence electrons. The number of alkyl halides is 3. The fourth-order valence-electron chi connectivity index (χ4n) is 0.945. The number of amidine groups is 1. The molecule has 0 aliphatic carbocycles. The Kier molecular flexibility index (Phi) is 3.79. The van der Waals surface area contributed by atoms with Crippen molar-refractivity contribution >= 4 is 21.8 Å². The van der Waals surface area contributed by atoms with Gasteiger partial charge in [0.1, 0.15) is 11.6 Å². The van der Waals surface area contributed by atoms with Crippen molar-refractivity contribution in [2.75, 3.05) is 6.61 Å². The lowest BCUT2D eigenvalue weighted by Gasteiger charge is -2.11. The second-order valence-electron chi connectivity index (χ2n) is 2.96. The molecule has 0 unspecified atom stereocenters. The summed E-state index contributed by atoms with van der Waals surface area (Å²) in [6, 6.07) is 4.17. The highest BCUT2D eigenvalue weighted by molar-refractivity contribution is 9.10. The van der Waals surface area contributed by atoms with E-state index in [0.29, 0.717) is 10.0 Å². The Hall–Kier alpha value is -1.24. The molecule has 16 heavy (non-hydrogen) atoms. The van der Waals surface area contributed by atoms with Crippen LogP contribution in [0.5, 0.6) is 5.75 Å². The van der Waals surface area contributed by atoms with Crippen LogP contribution in [0, 0.1) is 5.41 Å². The third-order valence-electron chi connectivity index (χ3n) is 1.63. The molecule has 0 bridgehead atoms. The van der Waals surface area contributed by atoms with Crippen LogP contribution in [0.2, 0.25) is 0 Å². The Balaban J connectivity index is 2.80. The minimum atomic E-state index is -4.38. The van der Waals surface area contributed by atoms with E-state index in [1.165, 1.54) is 18.2 Å². The van der Waals surface area contributed by atoms with E-state index < -0.39 is 12.8 Å². The first-order valence-corrected chi connectivity index (χ1v) is 4.92. The molecule has 0 aromatic heterocycles. The molecule has 0 saturated heterocycles. The highest BCUT2D eigenvalue weighted by Gasteiger charge is 2.28. The van der Waals surface area contributed by atoms with Crippen LogP contribution in [-0.2, 0) is 0 Å². The van der Waals surface area contributed by atoms with E-state index >= 15 is 0 Å². The maximum atomic E-state index is 11.9. The molecule has 0 fully saturated rings. The minimum absolute atomic E-state index is 0.0577. The lowest BCUT2D eigenvalue weighted by atomic mass is 10.2. The Morgan fingerprint density at radius 2 is 2.06 bits per heavy atom. The van der Waals surface area contributed by atoms with Gasteiger partial charge in [-0.2, -0.15) is 13.2 Å². The molecule has 0 heterocycles. The summed E-state index contributed by atoms with van der Waals surface area (Å²) < 4.78 is 40.5. The van der Waals surface area contributed by atoms with Gasteiger partial charge >= 0.3 is 6.18 Å². The molecule has 0 aliphatic heterocycles. The third-order valence-corrected chi connectivity index (χ3v) is 2.25. The van der Waals surface area contributed by atoms with Crippen LogP contribution in [0.4, 0.5) is 13.2 Å².